The molecular formula is C22H15N5O2. The normalized spacial score (nSPS) is 11.2. The molecule has 0 amide bonds. The molecule has 0 unspecified atom stereocenters. The first-order chi connectivity index (χ1) is 14.2. The van der Waals surface area contributed by atoms with Crippen molar-refractivity contribution in [3.63, 3.8) is 0 Å². The monoisotopic (exact) mass is 381 g/mol. The second-order valence-electron chi connectivity index (χ2n) is 6.62. The molecule has 5 heterocycles. The Morgan fingerprint density at radius 2 is 1.55 bits per heavy atom. The van der Waals surface area contributed by atoms with Crippen molar-refractivity contribution in [3.05, 3.63) is 106 Å². The van der Waals surface area contributed by atoms with Crippen molar-refractivity contribution < 1.29 is 0 Å². The average molecular weight is 381 g/mol. The van der Waals surface area contributed by atoms with Crippen LogP contribution < -0.4 is 11.1 Å². The van der Waals surface area contributed by atoms with Crippen LogP contribution in [0.25, 0.3) is 27.5 Å². The van der Waals surface area contributed by atoms with Crippen molar-refractivity contribution in [1.29, 1.82) is 0 Å². The van der Waals surface area contributed by atoms with E-state index in [-0.39, 0.29) is 11.1 Å². The Hall–Kier alpha value is -4.13. The van der Waals surface area contributed by atoms with Crippen LogP contribution in [0.5, 0.6) is 0 Å². The summed E-state index contributed by atoms with van der Waals surface area (Å²) in [5.74, 6) is 0. The number of rotatable bonds is 3. The van der Waals surface area contributed by atoms with Gasteiger partial charge < -0.3 is 4.57 Å². The van der Waals surface area contributed by atoms with E-state index in [0.717, 1.165) is 5.69 Å². The van der Waals surface area contributed by atoms with E-state index in [1.54, 1.807) is 65.9 Å². The smallest absolute Gasteiger partial charge is 0.264 e. The molecular weight excluding hydrogens is 366 g/mol. The fourth-order valence-electron chi connectivity index (χ4n) is 3.36. The third-order valence-corrected chi connectivity index (χ3v) is 4.82. The molecule has 0 aliphatic rings. The Balaban J connectivity index is 1.70. The highest BCUT2D eigenvalue weighted by Crippen LogP contribution is 2.15. The molecule has 0 bridgehead atoms. The van der Waals surface area contributed by atoms with Crippen LogP contribution >= 0.6 is 0 Å². The second-order valence-corrected chi connectivity index (χ2v) is 6.62. The van der Waals surface area contributed by atoms with Gasteiger partial charge in [0.15, 0.2) is 0 Å². The zero-order valence-electron chi connectivity index (χ0n) is 15.3. The molecule has 5 aromatic heterocycles. The molecule has 0 spiro atoms. The molecule has 7 nitrogen and oxygen atoms in total. The van der Waals surface area contributed by atoms with E-state index in [1.165, 1.54) is 4.57 Å². The molecule has 5 rings (SSSR count). The molecule has 29 heavy (non-hydrogen) atoms. The number of nitrogens with zero attached hydrogens (tertiary/aromatic N) is 5. The van der Waals surface area contributed by atoms with Crippen molar-refractivity contribution in [2.45, 2.75) is 6.54 Å². The summed E-state index contributed by atoms with van der Waals surface area (Å²) in [5, 5.41) is 0.796. The predicted octanol–water partition coefficient (Wildman–Crippen LogP) is 2.54. The Morgan fingerprint density at radius 1 is 0.793 bits per heavy atom. The summed E-state index contributed by atoms with van der Waals surface area (Å²) in [6.45, 7) is 0.351. The zero-order chi connectivity index (χ0) is 19.8. The van der Waals surface area contributed by atoms with Crippen LogP contribution in [-0.4, -0.2) is 24.1 Å². The summed E-state index contributed by atoms with van der Waals surface area (Å²) < 4.78 is 3.09. The summed E-state index contributed by atoms with van der Waals surface area (Å²) in [4.78, 5) is 38.8. The molecule has 0 aromatic carbocycles. The lowest BCUT2D eigenvalue weighted by atomic mass is 10.2. The maximum atomic E-state index is 13.0. The van der Waals surface area contributed by atoms with Crippen LogP contribution in [-0.2, 0) is 6.54 Å². The van der Waals surface area contributed by atoms with Gasteiger partial charge >= 0.3 is 0 Å². The third-order valence-electron chi connectivity index (χ3n) is 4.82. The molecule has 0 aliphatic carbocycles. The van der Waals surface area contributed by atoms with Gasteiger partial charge in [0.05, 0.1) is 39.7 Å². The largest absolute Gasteiger partial charge is 0.309 e. The SMILES string of the molecule is O=c1c2cc3c(=O)n(-c4ccncc4)ccc3nc2ccn1Cc1ccccn1. The van der Waals surface area contributed by atoms with Gasteiger partial charge in [-0.15, -0.1) is 0 Å². The predicted molar refractivity (Wildman–Crippen MR) is 110 cm³/mol. The molecule has 0 N–H and O–H groups in total. The van der Waals surface area contributed by atoms with Gasteiger partial charge in [0.1, 0.15) is 0 Å². The van der Waals surface area contributed by atoms with Gasteiger partial charge in [-0.05, 0) is 42.5 Å². The molecule has 0 fully saturated rings. The van der Waals surface area contributed by atoms with Crippen molar-refractivity contribution in [2.75, 3.05) is 0 Å². The Morgan fingerprint density at radius 3 is 2.31 bits per heavy atom. The van der Waals surface area contributed by atoms with Gasteiger partial charge in [0.25, 0.3) is 11.1 Å². The van der Waals surface area contributed by atoms with Crippen LogP contribution in [0, 0.1) is 0 Å². The average Bonchev–Trinajstić information content (AvgIpc) is 2.77. The molecule has 0 atom stereocenters. The van der Waals surface area contributed by atoms with E-state index in [9.17, 15) is 9.59 Å². The minimum Gasteiger partial charge on any atom is -0.309 e. The lowest BCUT2D eigenvalue weighted by Gasteiger charge is -2.09. The first-order valence-corrected chi connectivity index (χ1v) is 9.06. The number of hydrogen-bond donors (Lipinski definition) is 0. The molecule has 5 aromatic rings. The van der Waals surface area contributed by atoms with Crippen LogP contribution in [0.15, 0.2) is 89.1 Å². The van der Waals surface area contributed by atoms with Crippen LogP contribution in [0.2, 0.25) is 0 Å². The molecule has 0 radical (unpaired) electrons. The standard InChI is InChI=1S/C22H15N5O2/c28-21-17-13-18-20(7-12-27(22(18)29)16-4-9-23-10-5-16)25-19(17)6-11-26(21)14-15-3-1-2-8-24-15/h1-13H,14H2. The van der Waals surface area contributed by atoms with Crippen LogP contribution in [0.1, 0.15) is 5.69 Å². The molecule has 7 heteroatoms. The molecule has 0 aliphatic heterocycles. The molecule has 140 valence electrons. The highest BCUT2D eigenvalue weighted by molar-refractivity contribution is 5.91. The Kier molecular flexibility index (Phi) is 3.98. The number of hydrogen-bond acceptors (Lipinski definition) is 5. The van der Waals surface area contributed by atoms with Gasteiger partial charge in [0.2, 0.25) is 0 Å². The van der Waals surface area contributed by atoms with Crippen molar-refractivity contribution in [1.82, 2.24) is 24.1 Å². The minimum atomic E-state index is -0.234. The van der Waals surface area contributed by atoms with Gasteiger partial charge in [-0.2, -0.15) is 0 Å². The maximum absolute atomic E-state index is 13.0. The number of fused-ring (bicyclic) bond motifs is 2. The summed E-state index contributed by atoms with van der Waals surface area (Å²) in [6, 6.07) is 14.3. The summed E-state index contributed by atoms with van der Waals surface area (Å²) in [5.41, 5.74) is 2.15. The van der Waals surface area contributed by atoms with Crippen LogP contribution in [0.3, 0.4) is 0 Å². The third kappa shape index (κ3) is 2.98. The van der Waals surface area contributed by atoms with E-state index in [2.05, 4.69) is 15.0 Å². The first-order valence-electron chi connectivity index (χ1n) is 9.06. The summed E-state index contributed by atoms with van der Waals surface area (Å²) >= 11 is 0. The van der Waals surface area contributed by atoms with Gasteiger partial charge in [-0.3, -0.25) is 24.1 Å². The van der Waals surface area contributed by atoms with Crippen molar-refractivity contribution >= 4 is 21.8 Å². The molecule has 0 saturated carbocycles. The van der Waals surface area contributed by atoms with E-state index < -0.39 is 0 Å². The first kappa shape index (κ1) is 17.0. The lowest BCUT2D eigenvalue weighted by Crippen LogP contribution is -2.22. The van der Waals surface area contributed by atoms with Gasteiger partial charge in [0, 0.05) is 31.0 Å². The van der Waals surface area contributed by atoms with E-state index in [1.807, 2.05) is 18.2 Å². The van der Waals surface area contributed by atoms with Crippen molar-refractivity contribution in [3.8, 4) is 5.69 Å². The zero-order valence-corrected chi connectivity index (χ0v) is 15.3. The topological polar surface area (TPSA) is 82.7 Å². The summed E-state index contributed by atoms with van der Waals surface area (Å²) in [6.07, 6.45) is 8.33. The number of aromatic nitrogens is 5. The van der Waals surface area contributed by atoms with Crippen molar-refractivity contribution in [2.24, 2.45) is 0 Å². The maximum Gasteiger partial charge on any atom is 0.264 e. The van der Waals surface area contributed by atoms with Gasteiger partial charge in [-0.25, -0.2) is 4.98 Å². The highest BCUT2D eigenvalue weighted by atomic mass is 16.1. The highest BCUT2D eigenvalue weighted by Gasteiger charge is 2.11. The van der Waals surface area contributed by atoms with Crippen LogP contribution in [0.4, 0.5) is 0 Å². The summed E-state index contributed by atoms with van der Waals surface area (Å²) in [7, 11) is 0. The Labute approximate surface area is 164 Å². The van der Waals surface area contributed by atoms with E-state index in [0.29, 0.717) is 34.0 Å². The van der Waals surface area contributed by atoms with Gasteiger partial charge in [-0.1, -0.05) is 6.07 Å². The quantitative estimate of drug-likeness (QED) is 0.449. The lowest BCUT2D eigenvalue weighted by molar-refractivity contribution is 0.746. The van der Waals surface area contributed by atoms with E-state index >= 15 is 0 Å². The number of pyridine rings is 5. The molecule has 0 saturated heterocycles. The second kappa shape index (κ2) is 6.79. The fraction of sp³-hybridized carbons (Fsp3) is 0.0455. The Bertz CT molecular complexity index is 1460. The fourth-order valence-corrected chi connectivity index (χ4v) is 3.36. The van der Waals surface area contributed by atoms with E-state index in [4.69, 9.17) is 0 Å². The minimum absolute atomic E-state index is 0.207.